The van der Waals surface area contributed by atoms with Crippen LogP contribution >= 0.6 is 28.3 Å². The van der Waals surface area contributed by atoms with E-state index in [1.807, 2.05) is 29.6 Å². The number of benzene rings is 2. The van der Waals surface area contributed by atoms with Crippen molar-refractivity contribution in [3.63, 3.8) is 0 Å². The van der Waals surface area contributed by atoms with Crippen molar-refractivity contribution >= 4 is 49.2 Å². The number of hydrogen-bond acceptors (Lipinski definition) is 7. The van der Waals surface area contributed by atoms with Crippen LogP contribution in [0.25, 0.3) is 11.3 Å². The van der Waals surface area contributed by atoms with Crippen molar-refractivity contribution in [1.29, 1.82) is 0 Å². The number of halogens is 1. The number of methoxy groups -OCH3 is 1. The first-order chi connectivity index (χ1) is 14.1. The summed E-state index contributed by atoms with van der Waals surface area (Å²) in [6.45, 7) is 1.62. The lowest BCUT2D eigenvalue weighted by Crippen LogP contribution is -2.40. The minimum atomic E-state index is -3.49. The second kappa shape index (κ2) is 9.88. The Bertz CT molecular complexity index is 1080. The summed E-state index contributed by atoms with van der Waals surface area (Å²) in [5.74, 6) is 0.738. The maximum atomic E-state index is 12.7. The third-order valence-corrected chi connectivity index (χ3v) is 7.28. The Morgan fingerprint density at radius 2 is 1.80 bits per heavy atom. The van der Waals surface area contributed by atoms with Crippen LogP contribution in [-0.4, -0.2) is 51.1 Å². The number of rotatable bonds is 6. The van der Waals surface area contributed by atoms with E-state index < -0.39 is 10.0 Å². The summed E-state index contributed by atoms with van der Waals surface area (Å²) >= 11 is 1.47. The summed E-state index contributed by atoms with van der Waals surface area (Å²) in [5.41, 5.74) is 2.47. The van der Waals surface area contributed by atoms with Crippen LogP contribution in [0.15, 0.2) is 58.8 Å². The molecular formula is C20H22BrN3O4S2. The van der Waals surface area contributed by atoms with Gasteiger partial charge in [-0.3, -0.25) is 0 Å². The van der Waals surface area contributed by atoms with E-state index in [0.29, 0.717) is 26.3 Å². The van der Waals surface area contributed by atoms with Crippen LogP contribution in [-0.2, 0) is 14.8 Å². The Kier molecular flexibility index (Phi) is 7.48. The first-order valence-electron chi connectivity index (χ1n) is 9.12. The van der Waals surface area contributed by atoms with Gasteiger partial charge in [0, 0.05) is 24.0 Å². The number of thiazole rings is 1. The molecular weight excluding hydrogens is 490 g/mol. The molecule has 1 aliphatic rings. The fourth-order valence-corrected chi connectivity index (χ4v) is 5.20. The maximum Gasteiger partial charge on any atom is 0.243 e. The lowest BCUT2D eigenvalue weighted by molar-refractivity contribution is 0.0730. The van der Waals surface area contributed by atoms with Gasteiger partial charge in [0.2, 0.25) is 10.0 Å². The molecule has 2 heterocycles. The Balaban J connectivity index is 0.00000256. The Morgan fingerprint density at radius 1 is 1.10 bits per heavy atom. The predicted molar refractivity (Wildman–Crippen MR) is 124 cm³/mol. The van der Waals surface area contributed by atoms with E-state index in [1.54, 1.807) is 31.4 Å². The number of hydrogen-bond donors (Lipinski definition) is 1. The fraction of sp³-hybridized carbons (Fsp3) is 0.250. The van der Waals surface area contributed by atoms with Gasteiger partial charge in [0.25, 0.3) is 0 Å². The van der Waals surface area contributed by atoms with Crippen LogP contribution in [0.3, 0.4) is 0 Å². The highest BCUT2D eigenvalue weighted by Crippen LogP contribution is 2.31. The number of aromatic nitrogens is 1. The number of sulfonamides is 1. The second-order valence-corrected chi connectivity index (χ2v) is 9.20. The monoisotopic (exact) mass is 511 g/mol. The lowest BCUT2D eigenvalue weighted by atomic mass is 10.2. The molecule has 1 aliphatic heterocycles. The standard InChI is InChI=1S/C20H21N3O4S2.BrH/c1-26-19-5-3-2-4-17(19)21-20-22-18(14-28-20)15-6-8-16(9-7-15)29(24,25)23-10-12-27-13-11-23;/h2-9,14H,10-13H2,1H3,(H,21,22);1H. The number of para-hydroxylation sites is 2. The highest BCUT2D eigenvalue weighted by molar-refractivity contribution is 8.93. The molecule has 4 rings (SSSR count). The highest BCUT2D eigenvalue weighted by atomic mass is 79.9. The van der Waals surface area contributed by atoms with Gasteiger partial charge in [0.1, 0.15) is 5.75 Å². The number of nitrogens with one attached hydrogen (secondary N) is 1. The van der Waals surface area contributed by atoms with Crippen LogP contribution in [0.4, 0.5) is 10.8 Å². The summed E-state index contributed by atoms with van der Waals surface area (Å²) in [4.78, 5) is 4.89. The molecule has 0 radical (unpaired) electrons. The van der Waals surface area contributed by atoms with E-state index in [4.69, 9.17) is 9.47 Å². The summed E-state index contributed by atoms with van der Waals surface area (Å²) in [6, 6.07) is 14.5. The van der Waals surface area contributed by atoms with E-state index in [0.717, 1.165) is 27.8 Å². The van der Waals surface area contributed by atoms with E-state index in [9.17, 15) is 8.42 Å². The van der Waals surface area contributed by atoms with Gasteiger partial charge in [0.05, 0.1) is 36.6 Å². The van der Waals surface area contributed by atoms with E-state index in [-0.39, 0.29) is 21.9 Å². The summed E-state index contributed by atoms with van der Waals surface area (Å²) in [7, 11) is -1.87. The summed E-state index contributed by atoms with van der Waals surface area (Å²) < 4.78 is 37.5. The normalized spacial score (nSPS) is 14.7. The van der Waals surface area contributed by atoms with Crippen LogP contribution in [0, 0.1) is 0 Å². The number of ether oxygens (including phenoxy) is 2. The van der Waals surface area contributed by atoms with E-state index >= 15 is 0 Å². The quantitative estimate of drug-likeness (QED) is 0.535. The molecule has 3 aromatic rings. The molecule has 1 fully saturated rings. The zero-order chi connectivity index (χ0) is 20.3. The molecule has 0 unspecified atom stereocenters. The number of morpholine rings is 1. The molecule has 1 aromatic heterocycles. The lowest BCUT2D eigenvalue weighted by Gasteiger charge is -2.26. The van der Waals surface area contributed by atoms with Crippen LogP contribution in [0.1, 0.15) is 0 Å². The maximum absolute atomic E-state index is 12.7. The second-order valence-electron chi connectivity index (χ2n) is 6.40. The average molecular weight is 512 g/mol. The molecule has 7 nitrogen and oxygen atoms in total. The van der Waals surface area contributed by atoms with Crippen molar-refractivity contribution in [1.82, 2.24) is 9.29 Å². The number of nitrogens with zero attached hydrogens (tertiary/aromatic N) is 2. The van der Waals surface area contributed by atoms with Crippen molar-refractivity contribution in [2.45, 2.75) is 4.90 Å². The topological polar surface area (TPSA) is 80.8 Å². The molecule has 0 aliphatic carbocycles. The summed E-state index contributed by atoms with van der Waals surface area (Å²) in [5, 5.41) is 5.93. The highest BCUT2D eigenvalue weighted by Gasteiger charge is 2.26. The molecule has 10 heteroatoms. The third kappa shape index (κ3) is 4.84. The SMILES string of the molecule is Br.COc1ccccc1Nc1nc(-c2ccc(S(=O)(=O)N3CCOCC3)cc2)cs1. The Labute approximate surface area is 190 Å². The van der Waals surface area contributed by atoms with Crippen LogP contribution < -0.4 is 10.1 Å². The molecule has 1 N–H and O–H groups in total. The smallest absolute Gasteiger partial charge is 0.243 e. The van der Waals surface area contributed by atoms with Gasteiger partial charge in [-0.15, -0.1) is 28.3 Å². The summed E-state index contributed by atoms with van der Waals surface area (Å²) in [6.07, 6.45) is 0. The van der Waals surface area contributed by atoms with Crippen molar-refractivity contribution in [2.24, 2.45) is 0 Å². The molecule has 2 aromatic carbocycles. The van der Waals surface area contributed by atoms with Crippen LogP contribution in [0.2, 0.25) is 0 Å². The minimum absolute atomic E-state index is 0. The molecule has 160 valence electrons. The van der Waals surface area contributed by atoms with Gasteiger partial charge in [0.15, 0.2) is 5.13 Å². The average Bonchev–Trinajstić information content (AvgIpc) is 3.23. The van der Waals surface area contributed by atoms with Gasteiger partial charge in [-0.05, 0) is 24.3 Å². The van der Waals surface area contributed by atoms with Crippen molar-refractivity contribution < 1.29 is 17.9 Å². The van der Waals surface area contributed by atoms with E-state index in [1.165, 1.54) is 15.6 Å². The molecule has 0 spiro atoms. The Morgan fingerprint density at radius 3 is 2.50 bits per heavy atom. The van der Waals surface area contributed by atoms with E-state index in [2.05, 4.69) is 10.3 Å². The molecule has 0 atom stereocenters. The van der Waals surface area contributed by atoms with Gasteiger partial charge >= 0.3 is 0 Å². The third-order valence-electron chi connectivity index (χ3n) is 4.61. The predicted octanol–water partition coefficient (Wildman–Crippen LogP) is 4.16. The Hall–Kier alpha value is -1.98. The van der Waals surface area contributed by atoms with Gasteiger partial charge in [-0.25, -0.2) is 13.4 Å². The van der Waals surface area contributed by atoms with Crippen molar-refractivity contribution in [2.75, 3.05) is 38.7 Å². The molecule has 0 bridgehead atoms. The van der Waals surface area contributed by atoms with Crippen molar-refractivity contribution in [3.05, 3.63) is 53.9 Å². The largest absolute Gasteiger partial charge is 0.495 e. The molecule has 0 saturated carbocycles. The van der Waals surface area contributed by atoms with Crippen molar-refractivity contribution in [3.8, 4) is 17.0 Å². The number of anilines is 2. The molecule has 1 saturated heterocycles. The minimum Gasteiger partial charge on any atom is -0.495 e. The first kappa shape index (κ1) is 22.7. The van der Waals surface area contributed by atoms with Gasteiger partial charge < -0.3 is 14.8 Å². The first-order valence-corrected chi connectivity index (χ1v) is 11.4. The van der Waals surface area contributed by atoms with Crippen LogP contribution in [0.5, 0.6) is 5.75 Å². The zero-order valence-corrected chi connectivity index (χ0v) is 19.6. The fourth-order valence-electron chi connectivity index (χ4n) is 3.06. The van der Waals surface area contributed by atoms with Gasteiger partial charge in [-0.2, -0.15) is 4.31 Å². The molecule has 30 heavy (non-hydrogen) atoms. The van der Waals surface area contributed by atoms with Gasteiger partial charge in [-0.1, -0.05) is 24.3 Å². The molecule has 0 amide bonds. The zero-order valence-electron chi connectivity index (χ0n) is 16.3.